The number of anilines is 1. The fourth-order valence-electron chi connectivity index (χ4n) is 2.35. The Kier molecular flexibility index (Phi) is 6.15. The molecule has 0 bridgehead atoms. The van der Waals surface area contributed by atoms with E-state index >= 15 is 0 Å². The lowest BCUT2D eigenvalue weighted by Gasteiger charge is -2.13. The maximum absolute atomic E-state index is 12.0. The van der Waals surface area contributed by atoms with Gasteiger partial charge in [0.2, 0.25) is 0 Å². The summed E-state index contributed by atoms with van der Waals surface area (Å²) in [6.45, 7) is 3.61. The summed E-state index contributed by atoms with van der Waals surface area (Å²) >= 11 is 0. The SMILES string of the molecule is CC(C)c1ccccc1NC(=O)COC(=O)c1ccc(S(C)(=O)=O)cc1. The summed E-state index contributed by atoms with van der Waals surface area (Å²) in [6.07, 6.45) is 1.08. The second-order valence-electron chi connectivity index (χ2n) is 6.16. The van der Waals surface area contributed by atoms with Crippen LogP contribution in [0, 0.1) is 0 Å². The van der Waals surface area contributed by atoms with E-state index in [1.165, 1.54) is 24.3 Å². The molecule has 0 spiro atoms. The van der Waals surface area contributed by atoms with Crippen molar-refractivity contribution in [3.8, 4) is 0 Å². The maximum atomic E-state index is 12.0. The summed E-state index contributed by atoms with van der Waals surface area (Å²) in [5, 5.41) is 2.73. The van der Waals surface area contributed by atoms with Crippen LogP contribution < -0.4 is 5.32 Å². The van der Waals surface area contributed by atoms with E-state index in [0.29, 0.717) is 5.69 Å². The van der Waals surface area contributed by atoms with Gasteiger partial charge in [0.05, 0.1) is 10.5 Å². The lowest BCUT2D eigenvalue weighted by atomic mass is 10.0. The van der Waals surface area contributed by atoms with Crippen LogP contribution in [0.4, 0.5) is 5.69 Å². The number of benzene rings is 2. The first-order chi connectivity index (χ1) is 12.2. The molecular formula is C19H21NO5S. The largest absolute Gasteiger partial charge is 0.452 e. The van der Waals surface area contributed by atoms with Crippen LogP contribution in [0.25, 0.3) is 0 Å². The molecule has 0 aromatic heterocycles. The number of sulfone groups is 1. The average Bonchev–Trinajstić information content (AvgIpc) is 2.59. The summed E-state index contributed by atoms with van der Waals surface area (Å²) in [5.74, 6) is -0.904. The normalized spacial score (nSPS) is 11.2. The second-order valence-corrected chi connectivity index (χ2v) is 8.18. The molecule has 7 heteroatoms. The molecule has 0 aliphatic carbocycles. The molecule has 0 saturated carbocycles. The molecule has 0 atom stereocenters. The van der Waals surface area contributed by atoms with Gasteiger partial charge in [0, 0.05) is 11.9 Å². The van der Waals surface area contributed by atoms with Gasteiger partial charge in [0.25, 0.3) is 5.91 Å². The third-order valence-electron chi connectivity index (χ3n) is 3.71. The topological polar surface area (TPSA) is 89.5 Å². The zero-order chi connectivity index (χ0) is 19.3. The molecule has 1 N–H and O–H groups in total. The zero-order valence-corrected chi connectivity index (χ0v) is 15.7. The molecule has 0 aliphatic heterocycles. The Morgan fingerprint density at radius 1 is 1.04 bits per heavy atom. The van der Waals surface area contributed by atoms with Crippen LogP contribution in [-0.4, -0.2) is 33.2 Å². The fraction of sp³-hybridized carbons (Fsp3) is 0.263. The number of hydrogen-bond acceptors (Lipinski definition) is 5. The van der Waals surface area contributed by atoms with Crippen LogP contribution in [0.15, 0.2) is 53.4 Å². The molecular weight excluding hydrogens is 354 g/mol. The first-order valence-corrected chi connectivity index (χ1v) is 9.93. The number of carbonyl (C=O) groups is 2. The first kappa shape index (κ1) is 19.7. The third kappa shape index (κ3) is 5.16. The minimum absolute atomic E-state index is 0.108. The Morgan fingerprint density at radius 2 is 1.65 bits per heavy atom. The Morgan fingerprint density at radius 3 is 2.23 bits per heavy atom. The number of ether oxygens (including phenoxy) is 1. The average molecular weight is 375 g/mol. The van der Waals surface area contributed by atoms with Crippen molar-refractivity contribution in [3.05, 3.63) is 59.7 Å². The predicted octanol–water partition coefficient (Wildman–Crippen LogP) is 3.01. The van der Waals surface area contributed by atoms with Crippen LogP contribution in [0.1, 0.15) is 35.7 Å². The van der Waals surface area contributed by atoms with E-state index in [9.17, 15) is 18.0 Å². The van der Waals surface area contributed by atoms with E-state index in [4.69, 9.17) is 4.74 Å². The molecule has 26 heavy (non-hydrogen) atoms. The summed E-state index contributed by atoms with van der Waals surface area (Å²) in [5.41, 5.74) is 1.84. The van der Waals surface area contributed by atoms with Gasteiger partial charge < -0.3 is 10.1 Å². The zero-order valence-electron chi connectivity index (χ0n) is 14.9. The van der Waals surface area contributed by atoms with Gasteiger partial charge in [-0.2, -0.15) is 0 Å². The molecule has 0 radical (unpaired) electrons. The number of hydrogen-bond donors (Lipinski definition) is 1. The molecule has 2 aromatic carbocycles. The molecule has 6 nitrogen and oxygen atoms in total. The molecule has 0 heterocycles. The van der Waals surface area contributed by atoms with E-state index in [0.717, 1.165) is 11.8 Å². The van der Waals surface area contributed by atoms with Crippen molar-refractivity contribution in [2.24, 2.45) is 0 Å². The van der Waals surface area contributed by atoms with Crippen LogP contribution in [0.5, 0.6) is 0 Å². The predicted molar refractivity (Wildman–Crippen MR) is 99.0 cm³/mol. The number of esters is 1. The Labute approximate surface area is 153 Å². The molecule has 2 aromatic rings. The number of nitrogens with one attached hydrogen (secondary N) is 1. The summed E-state index contributed by atoms with van der Waals surface area (Å²) in [4.78, 5) is 24.1. The monoisotopic (exact) mass is 375 g/mol. The van der Waals surface area contributed by atoms with Crippen LogP contribution in [0.3, 0.4) is 0 Å². The summed E-state index contributed by atoms with van der Waals surface area (Å²) in [7, 11) is -3.33. The Hall–Kier alpha value is -2.67. The molecule has 0 fully saturated rings. The van der Waals surface area contributed by atoms with Crippen LogP contribution in [0.2, 0.25) is 0 Å². The van der Waals surface area contributed by atoms with E-state index in [1.54, 1.807) is 6.07 Å². The van der Waals surface area contributed by atoms with Crippen LogP contribution in [-0.2, 0) is 19.4 Å². The summed E-state index contributed by atoms with van der Waals surface area (Å²) in [6, 6.07) is 12.8. The highest BCUT2D eigenvalue weighted by Gasteiger charge is 2.14. The van der Waals surface area contributed by atoms with Gasteiger partial charge in [-0.05, 0) is 41.8 Å². The van der Waals surface area contributed by atoms with Crippen molar-refractivity contribution in [2.75, 3.05) is 18.2 Å². The van der Waals surface area contributed by atoms with Gasteiger partial charge in [-0.25, -0.2) is 13.2 Å². The van der Waals surface area contributed by atoms with Gasteiger partial charge >= 0.3 is 5.97 Å². The third-order valence-corrected chi connectivity index (χ3v) is 4.84. The standard InChI is InChI=1S/C19H21NO5S/c1-13(2)16-6-4-5-7-17(16)20-18(21)12-25-19(22)14-8-10-15(11-9-14)26(3,23)24/h4-11,13H,12H2,1-3H3,(H,20,21). The summed E-state index contributed by atoms with van der Waals surface area (Å²) < 4.78 is 27.8. The van der Waals surface area contributed by atoms with Gasteiger partial charge in [0.1, 0.15) is 0 Å². The molecule has 0 unspecified atom stereocenters. The highest BCUT2D eigenvalue weighted by molar-refractivity contribution is 7.90. The fourth-order valence-corrected chi connectivity index (χ4v) is 2.98. The van der Waals surface area contributed by atoms with E-state index in [2.05, 4.69) is 5.32 Å². The maximum Gasteiger partial charge on any atom is 0.338 e. The highest BCUT2D eigenvalue weighted by Crippen LogP contribution is 2.23. The van der Waals surface area contributed by atoms with Crippen molar-refractivity contribution >= 4 is 27.4 Å². The number of rotatable bonds is 6. The van der Waals surface area contributed by atoms with E-state index in [1.807, 2.05) is 32.0 Å². The molecule has 138 valence electrons. The highest BCUT2D eigenvalue weighted by atomic mass is 32.2. The Balaban J connectivity index is 1.96. The van der Waals surface area contributed by atoms with Crippen molar-refractivity contribution in [1.82, 2.24) is 0 Å². The number of amides is 1. The van der Waals surface area contributed by atoms with Gasteiger partial charge in [-0.3, -0.25) is 4.79 Å². The van der Waals surface area contributed by atoms with Crippen molar-refractivity contribution in [2.45, 2.75) is 24.7 Å². The lowest BCUT2D eigenvalue weighted by Crippen LogP contribution is -2.21. The van der Waals surface area contributed by atoms with Gasteiger partial charge in [0.15, 0.2) is 16.4 Å². The molecule has 2 rings (SSSR count). The van der Waals surface area contributed by atoms with Crippen molar-refractivity contribution < 1.29 is 22.7 Å². The first-order valence-electron chi connectivity index (χ1n) is 8.04. The van der Waals surface area contributed by atoms with Gasteiger partial charge in [-0.1, -0.05) is 32.0 Å². The van der Waals surface area contributed by atoms with Crippen molar-refractivity contribution in [1.29, 1.82) is 0 Å². The molecule has 1 amide bonds. The molecule has 0 aliphatic rings. The quantitative estimate of drug-likeness (QED) is 0.784. The minimum atomic E-state index is -3.33. The van der Waals surface area contributed by atoms with E-state index < -0.39 is 28.3 Å². The van der Waals surface area contributed by atoms with Crippen molar-refractivity contribution in [3.63, 3.8) is 0 Å². The van der Waals surface area contributed by atoms with E-state index in [-0.39, 0.29) is 16.4 Å². The second kappa shape index (κ2) is 8.14. The minimum Gasteiger partial charge on any atom is -0.452 e. The smallest absolute Gasteiger partial charge is 0.338 e. The number of para-hydroxylation sites is 1. The number of carbonyl (C=O) groups excluding carboxylic acids is 2. The molecule has 0 saturated heterocycles. The lowest BCUT2D eigenvalue weighted by molar-refractivity contribution is -0.119. The van der Waals surface area contributed by atoms with Crippen LogP contribution >= 0.6 is 0 Å². The van der Waals surface area contributed by atoms with Gasteiger partial charge in [-0.15, -0.1) is 0 Å². The Bertz CT molecular complexity index is 902.